The van der Waals surface area contributed by atoms with Crippen molar-refractivity contribution in [3.05, 3.63) is 26.8 Å². The Hall–Kier alpha value is -1.60. The lowest BCUT2D eigenvalue weighted by molar-refractivity contribution is 0.0945. The Morgan fingerprint density at radius 3 is 2.81 bits per heavy atom. The van der Waals surface area contributed by atoms with Crippen LogP contribution in [0.5, 0.6) is 0 Å². The van der Waals surface area contributed by atoms with Crippen molar-refractivity contribution in [3.8, 4) is 0 Å². The fraction of sp³-hybridized carbons (Fsp3) is 0.429. The Morgan fingerprint density at radius 1 is 1.43 bits per heavy atom. The van der Waals surface area contributed by atoms with Gasteiger partial charge in [0.25, 0.3) is 5.91 Å². The van der Waals surface area contributed by atoms with Gasteiger partial charge in [0.15, 0.2) is 5.13 Å². The summed E-state index contributed by atoms with van der Waals surface area (Å²) in [4.78, 5) is 19.4. The molecule has 0 aliphatic carbocycles. The molecule has 0 spiro atoms. The monoisotopic (exact) mass is 324 g/mol. The summed E-state index contributed by atoms with van der Waals surface area (Å²) >= 11 is 3.05. The van der Waals surface area contributed by atoms with Gasteiger partial charge >= 0.3 is 0 Å². The van der Waals surface area contributed by atoms with Crippen molar-refractivity contribution in [2.45, 2.75) is 33.2 Å². The van der Waals surface area contributed by atoms with Gasteiger partial charge in [-0.3, -0.25) is 4.79 Å². The number of aryl methyl sites for hydroxylation is 1. The van der Waals surface area contributed by atoms with E-state index < -0.39 is 0 Å². The number of hydrogen-bond donors (Lipinski definition) is 3. The smallest absolute Gasteiger partial charge is 0.265 e. The van der Waals surface area contributed by atoms with E-state index in [1.807, 2.05) is 13.8 Å². The predicted octanol–water partition coefficient (Wildman–Crippen LogP) is 2.89. The third-order valence-electron chi connectivity index (χ3n) is 2.87. The van der Waals surface area contributed by atoms with E-state index in [-0.39, 0.29) is 17.8 Å². The molecule has 114 valence electrons. The zero-order chi connectivity index (χ0) is 15.4. The molecule has 0 fully saturated rings. The van der Waals surface area contributed by atoms with Crippen molar-refractivity contribution in [1.29, 1.82) is 0 Å². The molecule has 2 aromatic rings. The number of nitrogen functional groups attached to an aromatic ring is 1. The molecule has 1 unspecified atom stereocenters. The first-order valence-corrected chi connectivity index (χ1v) is 8.49. The average molecular weight is 324 g/mol. The highest BCUT2D eigenvalue weighted by Crippen LogP contribution is 2.25. The molecule has 0 bridgehead atoms. The Bertz CT molecular complexity index is 620. The second-order valence-corrected chi connectivity index (χ2v) is 7.23. The van der Waals surface area contributed by atoms with Crippen LogP contribution in [0.3, 0.4) is 0 Å². The molecule has 0 radical (unpaired) electrons. The summed E-state index contributed by atoms with van der Waals surface area (Å²) in [5.74, 6) is 0.127. The number of anilines is 2. The van der Waals surface area contributed by atoms with Crippen molar-refractivity contribution in [1.82, 2.24) is 10.3 Å². The molecule has 2 aromatic heterocycles. The van der Waals surface area contributed by atoms with Crippen molar-refractivity contribution >= 4 is 39.5 Å². The van der Waals surface area contributed by atoms with Crippen molar-refractivity contribution in [2.75, 3.05) is 17.6 Å². The van der Waals surface area contributed by atoms with E-state index in [9.17, 15) is 4.79 Å². The van der Waals surface area contributed by atoms with Crippen LogP contribution in [-0.4, -0.2) is 23.5 Å². The molecular formula is C14H20N4OS2. The lowest BCUT2D eigenvalue weighted by Gasteiger charge is -2.12. The Kier molecular flexibility index (Phi) is 5.19. The van der Waals surface area contributed by atoms with E-state index in [4.69, 9.17) is 5.73 Å². The molecule has 2 rings (SSSR count). The number of nitrogens with two attached hydrogens (primary N) is 1. The van der Waals surface area contributed by atoms with Crippen LogP contribution in [0.1, 0.15) is 33.3 Å². The minimum absolute atomic E-state index is 0.0552. The van der Waals surface area contributed by atoms with Gasteiger partial charge in [0.05, 0.1) is 0 Å². The second-order valence-electron chi connectivity index (χ2n) is 4.85. The first-order chi connectivity index (χ1) is 9.99. The van der Waals surface area contributed by atoms with Gasteiger partial charge in [-0.25, -0.2) is 4.98 Å². The van der Waals surface area contributed by atoms with Gasteiger partial charge in [0.2, 0.25) is 0 Å². The molecule has 0 aliphatic rings. The summed E-state index contributed by atoms with van der Waals surface area (Å²) in [7, 11) is 0. The summed E-state index contributed by atoms with van der Waals surface area (Å²) in [6.45, 7) is 6.80. The Labute approximate surface area is 132 Å². The number of amides is 1. The summed E-state index contributed by atoms with van der Waals surface area (Å²) < 4.78 is 0. The zero-order valence-corrected chi connectivity index (χ0v) is 14.0. The summed E-state index contributed by atoms with van der Waals surface area (Å²) in [6.07, 6.45) is 0.822. The molecule has 0 saturated carbocycles. The van der Waals surface area contributed by atoms with Crippen molar-refractivity contribution in [2.24, 2.45) is 0 Å². The number of thiazole rings is 1. The highest BCUT2D eigenvalue weighted by Gasteiger charge is 2.18. The number of aromatic nitrogens is 1. The zero-order valence-electron chi connectivity index (χ0n) is 12.4. The Morgan fingerprint density at radius 2 is 2.19 bits per heavy atom. The van der Waals surface area contributed by atoms with E-state index >= 15 is 0 Å². The van der Waals surface area contributed by atoms with E-state index in [1.165, 1.54) is 21.1 Å². The highest BCUT2D eigenvalue weighted by molar-refractivity contribution is 7.18. The quantitative estimate of drug-likeness (QED) is 0.763. The number of nitrogens with zero attached hydrogens (tertiary/aromatic N) is 1. The standard InChI is InChI=1S/C14H20N4OS2/c1-4-16-14-18-12(15)11(21-14)13(19)17-8(2)7-10-6-5-9(3)20-10/h5-6,8H,4,7,15H2,1-3H3,(H,16,18)(H,17,19). The Balaban J connectivity index is 1.97. The lowest BCUT2D eigenvalue weighted by atomic mass is 10.2. The molecule has 0 saturated heterocycles. The van der Waals surface area contributed by atoms with Crippen LogP contribution in [0.25, 0.3) is 0 Å². The van der Waals surface area contributed by atoms with E-state index in [2.05, 4.69) is 34.7 Å². The summed E-state index contributed by atoms with van der Waals surface area (Å²) in [6, 6.07) is 4.26. The summed E-state index contributed by atoms with van der Waals surface area (Å²) in [5.41, 5.74) is 5.80. The SMILES string of the molecule is CCNc1nc(N)c(C(=O)NC(C)Cc2ccc(C)s2)s1. The largest absolute Gasteiger partial charge is 0.382 e. The van der Waals surface area contributed by atoms with Gasteiger partial charge in [-0.2, -0.15) is 0 Å². The maximum absolute atomic E-state index is 12.2. The molecule has 2 heterocycles. The third-order valence-corrected chi connectivity index (χ3v) is 4.92. The predicted molar refractivity (Wildman–Crippen MR) is 90.4 cm³/mol. The molecule has 1 amide bonds. The number of carbonyl (C=O) groups is 1. The number of carbonyl (C=O) groups excluding carboxylic acids is 1. The molecule has 7 heteroatoms. The normalized spacial score (nSPS) is 12.1. The summed E-state index contributed by atoms with van der Waals surface area (Å²) in [5, 5.41) is 6.73. The minimum Gasteiger partial charge on any atom is -0.382 e. The van der Waals surface area contributed by atoms with Crippen LogP contribution in [0, 0.1) is 6.92 Å². The lowest BCUT2D eigenvalue weighted by Crippen LogP contribution is -2.33. The number of thiophene rings is 1. The van der Waals surface area contributed by atoms with E-state index in [0.29, 0.717) is 10.0 Å². The number of hydrogen-bond acceptors (Lipinski definition) is 6. The number of rotatable bonds is 6. The van der Waals surface area contributed by atoms with Gasteiger partial charge in [-0.1, -0.05) is 11.3 Å². The maximum atomic E-state index is 12.2. The molecule has 0 aromatic carbocycles. The van der Waals surface area contributed by atoms with Crippen LogP contribution in [-0.2, 0) is 6.42 Å². The topological polar surface area (TPSA) is 80.0 Å². The van der Waals surface area contributed by atoms with Gasteiger partial charge in [0.1, 0.15) is 10.7 Å². The molecule has 21 heavy (non-hydrogen) atoms. The minimum atomic E-state index is -0.157. The fourth-order valence-electron chi connectivity index (χ4n) is 1.96. The van der Waals surface area contributed by atoms with Crippen LogP contribution in [0.15, 0.2) is 12.1 Å². The van der Waals surface area contributed by atoms with E-state index in [0.717, 1.165) is 13.0 Å². The average Bonchev–Trinajstić information content (AvgIpc) is 2.96. The van der Waals surface area contributed by atoms with Gasteiger partial charge < -0.3 is 16.4 Å². The second kappa shape index (κ2) is 6.91. The van der Waals surface area contributed by atoms with Gasteiger partial charge in [-0.05, 0) is 32.9 Å². The van der Waals surface area contributed by atoms with Crippen LogP contribution in [0.4, 0.5) is 10.9 Å². The van der Waals surface area contributed by atoms with E-state index in [1.54, 1.807) is 11.3 Å². The first kappa shape index (κ1) is 15.8. The third kappa shape index (κ3) is 4.18. The molecule has 1 atom stereocenters. The molecule has 4 N–H and O–H groups in total. The van der Waals surface area contributed by atoms with Gasteiger partial charge in [0, 0.05) is 28.8 Å². The number of nitrogens with one attached hydrogen (secondary N) is 2. The highest BCUT2D eigenvalue weighted by atomic mass is 32.1. The van der Waals surface area contributed by atoms with Gasteiger partial charge in [-0.15, -0.1) is 11.3 Å². The maximum Gasteiger partial charge on any atom is 0.265 e. The molecule has 5 nitrogen and oxygen atoms in total. The fourth-order valence-corrected chi connectivity index (χ4v) is 3.83. The van der Waals surface area contributed by atoms with Crippen LogP contribution < -0.4 is 16.4 Å². The molecule has 0 aliphatic heterocycles. The van der Waals surface area contributed by atoms with Crippen molar-refractivity contribution in [3.63, 3.8) is 0 Å². The molecular weight excluding hydrogens is 304 g/mol. The van der Waals surface area contributed by atoms with Crippen LogP contribution >= 0.6 is 22.7 Å². The van der Waals surface area contributed by atoms with Crippen LogP contribution in [0.2, 0.25) is 0 Å². The van der Waals surface area contributed by atoms with Crippen molar-refractivity contribution < 1.29 is 4.79 Å². The first-order valence-electron chi connectivity index (χ1n) is 6.86.